The molecule has 132 valence electrons. The number of hydrogen-bond donors (Lipinski definition) is 0. The van der Waals surface area contributed by atoms with Crippen LogP contribution in [0.1, 0.15) is 21.8 Å². The van der Waals surface area contributed by atoms with E-state index in [2.05, 4.69) is 60.2 Å². The first-order chi connectivity index (χ1) is 12.7. The van der Waals surface area contributed by atoms with E-state index in [1.165, 1.54) is 21.5 Å². The van der Waals surface area contributed by atoms with Crippen molar-refractivity contribution in [3.05, 3.63) is 81.8 Å². The molecular weight excluding hydrogens is 340 g/mol. The summed E-state index contributed by atoms with van der Waals surface area (Å²) in [4.78, 5) is 6.19. The molecule has 0 saturated carbocycles. The largest absolute Gasteiger partial charge is 0.491 e. The van der Waals surface area contributed by atoms with Crippen molar-refractivity contribution in [2.75, 3.05) is 6.61 Å². The van der Waals surface area contributed by atoms with E-state index in [0.29, 0.717) is 6.61 Å². The summed E-state index contributed by atoms with van der Waals surface area (Å²) in [6.07, 6.45) is 0.857. The van der Waals surface area contributed by atoms with Gasteiger partial charge in [0.1, 0.15) is 18.2 Å². The molecule has 2 heterocycles. The van der Waals surface area contributed by atoms with E-state index in [1.54, 1.807) is 11.3 Å². The lowest BCUT2D eigenvalue weighted by molar-refractivity contribution is 0.296. The Morgan fingerprint density at radius 2 is 1.88 bits per heavy atom. The van der Waals surface area contributed by atoms with Gasteiger partial charge in [-0.05, 0) is 54.6 Å². The molecule has 0 amide bonds. The number of nitrogens with zero attached hydrogens (tertiary/aromatic N) is 2. The maximum absolute atomic E-state index is 6.08. The summed E-state index contributed by atoms with van der Waals surface area (Å²) in [5.74, 6) is 2.06. The van der Waals surface area contributed by atoms with Gasteiger partial charge in [-0.2, -0.15) is 0 Å². The number of thiophene rings is 1. The highest BCUT2D eigenvalue weighted by molar-refractivity contribution is 7.09. The Labute approximate surface area is 157 Å². The molecule has 0 spiro atoms. The first kappa shape index (κ1) is 16.9. The van der Waals surface area contributed by atoms with Crippen LogP contribution in [-0.4, -0.2) is 16.2 Å². The number of aromatic nitrogens is 2. The molecule has 0 fully saturated rings. The van der Waals surface area contributed by atoms with Crippen LogP contribution < -0.4 is 4.74 Å². The third-order valence-electron chi connectivity index (χ3n) is 4.77. The summed E-state index contributed by atoms with van der Waals surface area (Å²) >= 11 is 1.78. The molecule has 0 unspecified atom stereocenters. The minimum atomic E-state index is 0.627. The van der Waals surface area contributed by atoms with E-state index in [9.17, 15) is 0 Å². The van der Waals surface area contributed by atoms with Crippen molar-refractivity contribution < 1.29 is 4.74 Å². The molecule has 0 aliphatic carbocycles. The molecule has 4 heteroatoms. The highest BCUT2D eigenvalue weighted by Crippen LogP contribution is 2.22. The average molecular weight is 362 g/mol. The minimum Gasteiger partial charge on any atom is -0.491 e. The highest BCUT2D eigenvalue weighted by Gasteiger charge is 2.12. The number of imidazole rings is 1. The highest BCUT2D eigenvalue weighted by atomic mass is 32.1. The summed E-state index contributed by atoms with van der Waals surface area (Å²) in [7, 11) is 0. The van der Waals surface area contributed by atoms with E-state index in [4.69, 9.17) is 9.72 Å². The zero-order valence-electron chi connectivity index (χ0n) is 15.1. The molecular formula is C22H22N2OS. The predicted molar refractivity (Wildman–Crippen MR) is 108 cm³/mol. The third-order valence-corrected chi connectivity index (χ3v) is 5.65. The van der Waals surface area contributed by atoms with E-state index in [0.717, 1.165) is 30.1 Å². The van der Waals surface area contributed by atoms with Gasteiger partial charge < -0.3 is 9.30 Å². The normalized spacial score (nSPS) is 11.2. The Kier molecular flexibility index (Phi) is 4.76. The Balaban J connectivity index is 1.57. The number of fused-ring (bicyclic) bond motifs is 1. The molecule has 4 aromatic rings. The van der Waals surface area contributed by atoms with Crippen molar-refractivity contribution in [3.8, 4) is 5.75 Å². The Bertz CT molecular complexity index is 1020. The van der Waals surface area contributed by atoms with Crippen LogP contribution in [0.5, 0.6) is 5.75 Å². The minimum absolute atomic E-state index is 0.627. The van der Waals surface area contributed by atoms with E-state index >= 15 is 0 Å². The Morgan fingerprint density at radius 3 is 2.73 bits per heavy atom. The van der Waals surface area contributed by atoms with Crippen LogP contribution >= 0.6 is 11.3 Å². The van der Waals surface area contributed by atoms with E-state index in [1.807, 2.05) is 18.2 Å². The van der Waals surface area contributed by atoms with Gasteiger partial charge in [0.2, 0.25) is 0 Å². The van der Waals surface area contributed by atoms with Gasteiger partial charge in [-0.1, -0.05) is 30.3 Å². The number of aryl methyl sites for hydroxylation is 1. The standard InChI is InChI=1S/C22H22N2OS/c1-16-7-5-11-21(17(16)2)25-13-12-24-20-10-4-3-9-19(20)23-22(24)15-18-8-6-14-26-18/h3-11,14H,12-13,15H2,1-2H3. The second kappa shape index (κ2) is 7.34. The molecule has 0 N–H and O–H groups in total. The van der Waals surface area contributed by atoms with Crippen LogP contribution in [0.3, 0.4) is 0 Å². The first-order valence-electron chi connectivity index (χ1n) is 8.88. The second-order valence-corrected chi connectivity index (χ2v) is 7.50. The molecule has 2 aromatic carbocycles. The fourth-order valence-corrected chi connectivity index (χ4v) is 3.91. The van der Waals surface area contributed by atoms with Crippen LogP contribution in [0.15, 0.2) is 60.0 Å². The van der Waals surface area contributed by atoms with Gasteiger partial charge in [0.25, 0.3) is 0 Å². The van der Waals surface area contributed by atoms with Crippen molar-refractivity contribution >= 4 is 22.4 Å². The van der Waals surface area contributed by atoms with E-state index in [-0.39, 0.29) is 0 Å². The van der Waals surface area contributed by atoms with E-state index < -0.39 is 0 Å². The lowest BCUT2D eigenvalue weighted by Gasteiger charge is -2.13. The van der Waals surface area contributed by atoms with Crippen LogP contribution in [0.25, 0.3) is 11.0 Å². The summed E-state index contributed by atoms with van der Waals surface area (Å²) in [5.41, 5.74) is 4.69. The van der Waals surface area contributed by atoms with Crippen molar-refractivity contribution in [1.82, 2.24) is 9.55 Å². The van der Waals surface area contributed by atoms with Gasteiger partial charge in [-0.25, -0.2) is 4.98 Å². The fraction of sp³-hybridized carbons (Fsp3) is 0.227. The fourth-order valence-electron chi connectivity index (χ4n) is 3.21. The van der Waals surface area contributed by atoms with Gasteiger partial charge in [0, 0.05) is 11.3 Å². The monoisotopic (exact) mass is 362 g/mol. The number of ether oxygens (including phenoxy) is 1. The van der Waals surface area contributed by atoms with Crippen LogP contribution in [0.4, 0.5) is 0 Å². The molecule has 0 radical (unpaired) electrons. The smallest absolute Gasteiger partial charge is 0.122 e. The van der Waals surface area contributed by atoms with Crippen LogP contribution in [0.2, 0.25) is 0 Å². The molecule has 4 rings (SSSR count). The van der Waals surface area contributed by atoms with Crippen LogP contribution in [0, 0.1) is 13.8 Å². The average Bonchev–Trinajstić information content (AvgIpc) is 3.27. The molecule has 2 aromatic heterocycles. The topological polar surface area (TPSA) is 27.1 Å². The predicted octanol–water partition coefficient (Wildman–Crippen LogP) is 5.38. The Morgan fingerprint density at radius 1 is 1.00 bits per heavy atom. The number of rotatable bonds is 6. The zero-order valence-corrected chi connectivity index (χ0v) is 15.9. The number of hydrogen-bond acceptors (Lipinski definition) is 3. The van der Waals surface area contributed by atoms with Crippen LogP contribution in [-0.2, 0) is 13.0 Å². The quantitative estimate of drug-likeness (QED) is 0.460. The molecule has 0 saturated heterocycles. The van der Waals surface area contributed by atoms with Crippen molar-refractivity contribution in [2.45, 2.75) is 26.8 Å². The lowest BCUT2D eigenvalue weighted by Crippen LogP contribution is -2.12. The summed E-state index contributed by atoms with van der Waals surface area (Å²) < 4.78 is 8.38. The SMILES string of the molecule is Cc1cccc(OCCn2c(Cc3cccs3)nc3ccccc32)c1C. The van der Waals surface area contributed by atoms with Gasteiger partial charge in [-0.15, -0.1) is 11.3 Å². The molecule has 0 aliphatic rings. The van der Waals surface area contributed by atoms with Gasteiger partial charge in [0.05, 0.1) is 17.6 Å². The summed E-state index contributed by atoms with van der Waals surface area (Å²) in [6.45, 7) is 5.64. The number of benzene rings is 2. The first-order valence-corrected chi connectivity index (χ1v) is 9.76. The number of para-hydroxylation sites is 2. The lowest BCUT2D eigenvalue weighted by atomic mass is 10.1. The molecule has 0 aliphatic heterocycles. The molecule has 26 heavy (non-hydrogen) atoms. The zero-order chi connectivity index (χ0) is 17.9. The maximum atomic E-state index is 6.08. The second-order valence-electron chi connectivity index (χ2n) is 6.47. The molecule has 3 nitrogen and oxygen atoms in total. The van der Waals surface area contributed by atoms with Gasteiger partial charge in [0.15, 0.2) is 0 Å². The Hall–Kier alpha value is -2.59. The van der Waals surface area contributed by atoms with Gasteiger partial charge in [-0.3, -0.25) is 0 Å². The third kappa shape index (κ3) is 3.37. The van der Waals surface area contributed by atoms with Gasteiger partial charge >= 0.3 is 0 Å². The summed E-state index contributed by atoms with van der Waals surface area (Å²) in [6, 6.07) is 18.8. The maximum Gasteiger partial charge on any atom is 0.122 e. The summed E-state index contributed by atoms with van der Waals surface area (Å²) in [5, 5.41) is 2.12. The molecule has 0 bridgehead atoms. The molecule has 0 atom stereocenters. The van der Waals surface area contributed by atoms with Crippen molar-refractivity contribution in [2.24, 2.45) is 0 Å². The van der Waals surface area contributed by atoms with Crippen molar-refractivity contribution in [1.29, 1.82) is 0 Å². The van der Waals surface area contributed by atoms with Crippen molar-refractivity contribution in [3.63, 3.8) is 0 Å².